The summed E-state index contributed by atoms with van der Waals surface area (Å²) in [5, 5.41) is 3.27. The van der Waals surface area contributed by atoms with Crippen molar-refractivity contribution in [3.8, 4) is 11.1 Å². The molecule has 4 aromatic carbocycles. The van der Waals surface area contributed by atoms with Gasteiger partial charge in [-0.05, 0) is 11.1 Å². The van der Waals surface area contributed by atoms with Crippen molar-refractivity contribution in [2.45, 2.75) is 53.0 Å². The van der Waals surface area contributed by atoms with Crippen LogP contribution in [-0.4, -0.2) is 12.0 Å². The summed E-state index contributed by atoms with van der Waals surface area (Å²) < 4.78 is 6.26. The second-order valence-corrected chi connectivity index (χ2v) is 30.3. The van der Waals surface area contributed by atoms with E-state index in [-0.39, 0.29) is 0 Å². The second-order valence-electron chi connectivity index (χ2n) is 11.2. The monoisotopic (exact) mass is 708 g/mol. The van der Waals surface area contributed by atoms with Crippen molar-refractivity contribution < 1.29 is 20.9 Å². The summed E-state index contributed by atoms with van der Waals surface area (Å²) in [4.78, 5) is 0. The molecular weight excluding hydrogens is 665 g/mol. The third-order valence-electron chi connectivity index (χ3n) is 8.83. The van der Waals surface area contributed by atoms with Crippen LogP contribution in [0.25, 0.3) is 11.1 Å². The fraction of sp³-hybridized carbons (Fsp3) is 0.243. The number of benzene rings is 4. The molecule has 2 aliphatic rings. The normalized spacial score (nSPS) is 17.0. The number of rotatable bonds is 7. The summed E-state index contributed by atoms with van der Waals surface area (Å²) in [6.45, 7) is 9.60. The topological polar surface area (TPSA) is 12.0 Å². The molecule has 1 atom stereocenters. The Hall–Kier alpha value is -2.59. The maximum absolute atomic E-state index is 4.38. The van der Waals surface area contributed by atoms with Gasteiger partial charge in [0.15, 0.2) is 0 Å². The smallest absolute Gasteiger partial charge is 0.0184 e. The molecule has 1 saturated carbocycles. The van der Waals surface area contributed by atoms with Crippen LogP contribution in [0.5, 0.6) is 0 Å². The average Bonchev–Trinajstić information content (AvgIpc) is 3.18. The van der Waals surface area contributed by atoms with Crippen molar-refractivity contribution in [2.24, 2.45) is 5.92 Å². The zero-order valence-electron chi connectivity index (χ0n) is 24.4. The minimum atomic E-state index is -2.31. The molecule has 0 spiro atoms. The molecule has 4 aromatic rings. The van der Waals surface area contributed by atoms with Crippen LogP contribution in [0.3, 0.4) is 0 Å². The van der Waals surface area contributed by atoms with Gasteiger partial charge in [-0.25, -0.2) is 0 Å². The maximum atomic E-state index is 4.38. The van der Waals surface area contributed by atoms with Gasteiger partial charge in [-0.15, -0.1) is 0 Å². The molecular formula is C37H42HfNSi. The molecule has 2 aliphatic carbocycles. The average molecular weight is 707 g/mol. The summed E-state index contributed by atoms with van der Waals surface area (Å²) in [5.41, 5.74) is 7.35. The summed E-state index contributed by atoms with van der Waals surface area (Å²) in [7, 11) is 0. The van der Waals surface area contributed by atoms with Gasteiger partial charge in [0.2, 0.25) is 0 Å². The van der Waals surface area contributed by atoms with Crippen LogP contribution in [0.1, 0.15) is 47.0 Å². The fourth-order valence-electron chi connectivity index (χ4n) is 5.97. The van der Waals surface area contributed by atoms with Gasteiger partial charge in [-0.2, -0.15) is 0 Å². The van der Waals surface area contributed by atoms with Gasteiger partial charge in [0.05, 0.1) is 0 Å². The summed E-state index contributed by atoms with van der Waals surface area (Å²) in [6.07, 6.45) is 4.17. The summed E-state index contributed by atoms with van der Waals surface area (Å²) >= 11 is -2.31. The van der Waals surface area contributed by atoms with Crippen LogP contribution in [0.15, 0.2) is 141 Å². The Bertz CT molecular complexity index is 1350. The molecule has 0 saturated heterocycles. The van der Waals surface area contributed by atoms with Gasteiger partial charge in [0.1, 0.15) is 0 Å². The molecule has 1 fully saturated rings. The first-order valence-corrected chi connectivity index (χ1v) is 26.3. The third-order valence-corrected chi connectivity index (χ3v) is 36.4. The predicted octanol–water partition coefficient (Wildman–Crippen LogP) is 7.81. The van der Waals surface area contributed by atoms with E-state index >= 15 is 0 Å². The van der Waals surface area contributed by atoms with Crippen molar-refractivity contribution in [3.63, 3.8) is 0 Å². The predicted molar refractivity (Wildman–Crippen MR) is 172 cm³/mol. The zero-order valence-corrected chi connectivity index (χ0v) is 29.1. The minimum Gasteiger partial charge on any atom is -0.0622 e. The van der Waals surface area contributed by atoms with Crippen molar-refractivity contribution in [1.29, 1.82) is 0 Å². The van der Waals surface area contributed by atoms with E-state index in [0.717, 1.165) is 6.04 Å². The van der Waals surface area contributed by atoms with E-state index < -0.39 is 26.9 Å². The van der Waals surface area contributed by atoms with Crippen LogP contribution in [0.4, 0.5) is 0 Å². The Morgan fingerprint density at radius 2 is 1.02 bits per heavy atom. The first kappa shape index (κ1) is 28.9. The van der Waals surface area contributed by atoms with E-state index in [2.05, 4.69) is 140 Å². The Morgan fingerprint density at radius 3 is 1.38 bits per heavy atom. The first-order valence-electron chi connectivity index (χ1n) is 14.8. The molecule has 203 valence electrons. The van der Waals surface area contributed by atoms with Crippen molar-refractivity contribution in [1.82, 2.24) is 3.30 Å². The van der Waals surface area contributed by atoms with E-state index in [4.69, 9.17) is 0 Å². The van der Waals surface area contributed by atoms with Gasteiger partial charge >= 0.3 is 180 Å². The minimum absolute atomic E-state index is 0.636. The summed E-state index contributed by atoms with van der Waals surface area (Å²) in [5.74, 6) is -0.633. The standard InChI is InChI=1S/C12H11Si.C12H10.C9H13.C4H8N.Hf/c1-3-7-11(8-4-1)13-12-9-5-2-6-10-12;1-3-7-11(8-4-1)12-9-5-2-6-10-12;1-6-5-7(2)9(4)8(6)3;5-4-2-1-3-4;/h1-10,13H;1-10H;6H,1-4H3;4-5H,1-3H2;/q;;;-1;+1. The molecule has 0 radical (unpaired) electrons. The molecule has 0 aromatic heterocycles. The number of hydrogen-bond acceptors (Lipinski definition) is 1. The van der Waals surface area contributed by atoms with E-state index in [9.17, 15) is 0 Å². The number of nitrogens with one attached hydrogen (secondary N) is 1. The van der Waals surface area contributed by atoms with Gasteiger partial charge in [0.25, 0.3) is 0 Å². The van der Waals surface area contributed by atoms with E-state index in [1.165, 1.54) is 30.4 Å². The van der Waals surface area contributed by atoms with Gasteiger partial charge in [-0.3, -0.25) is 0 Å². The Morgan fingerprint density at radius 1 is 0.600 bits per heavy atom. The molecule has 3 heteroatoms. The number of allylic oxidation sites excluding steroid dienone is 4. The van der Waals surface area contributed by atoms with E-state index in [0.29, 0.717) is 5.92 Å². The van der Waals surface area contributed by atoms with Gasteiger partial charge in [0, 0.05) is 0 Å². The fourth-order valence-corrected chi connectivity index (χ4v) is 38.7. The Labute approximate surface area is 250 Å². The van der Waals surface area contributed by atoms with Crippen molar-refractivity contribution in [3.05, 3.63) is 141 Å². The molecule has 1 nitrogen and oxygen atoms in total. The largest absolute Gasteiger partial charge is 0.0622 e. The Kier molecular flexibility index (Phi) is 10.0. The second kappa shape index (κ2) is 13.8. The van der Waals surface area contributed by atoms with Crippen LogP contribution in [-0.2, 0) is 20.9 Å². The van der Waals surface area contributed by atoms with Crippen LogP contribution in [0, 0.1) is 5.92 Å². The molecule has 6 rings (SSSR count). The van der Waals surface area contributed by atoms with Crippen LogP contribution in [0.2, 0.25) is 0 Å². The van der Waals surface area contributed by atoms with Crippen LogP contribution < -0.4 is 13.7 Å². The van der Waals surface area contributed by atoms with Crippen molar-refractivity contribution >= 4 is 16.4 Å². The molecule has 1 unspecified atom stereocenters. The molecule has 40 heavy (non-hydrogen) atoms. The molecule has 1 N–H and O–H groups in total. The Balaban J connectivity index is 0.000000223. The van der Waals surface area contributed by atoms with Gasteiger partial charge < -0.3 is 0 Å². The number of hydrogen-bond donors (Lipinski definition) is 1. The van der Waals surface area contributed by atoms with Crippen molar-refractivity contribution in [2.75, 3.05) is 0 Å². The summed E-state index contributed by atoms with van der Waals surface area (Å²) in [6, 6.07) is 44.6. The first-order chi connectivity index (χ1) is 19.5. The molecule has 0 bridgehead atoms. The van der Waals surface area contributed by atoms with E-state index in [1.54, 1.807) is 27.1 Å². The van der Waals surface area contributed by atoms with Crippen LogP contribution >= 0.6 is 0 Å². The molecule has 0 amide bonds. The van der Waals surface area contributed by atoms with Gasteiger partial charge in [-0.1, -0.05) is 60.7 Å². The zero-order chi connectivity index (χ0) is 27.9. The molecule has 0 aliphatic heterocycles. The quantitative estimate of drug-likeness (QED) is 0.194. The molecule has 0 heterocycles. The van der Waals surface area contributed by atoms with E-state index in [1.807, 2.05) is 15.5 Å². The third kappa shape index (κ3) is 6.65. The maximum Gasteiger partial charge on any atom is -0.0184 e. The SMILES string of the molecule is CC1=C(C)C(C)[C]([Hf]([NH]C2CCC2)[SiH](c2ccccc2)c2ccccc2)=C1C.c1ccc(-c2ccccc2)cc1.